The van der Waals surface area contributed by atoms with Crippen LogP contribution in [0.15, 0.2) is 48.6 Å². The zero-order valence-corrected chi connectivity index (χ0v) is 36.4. The van der Waals surface area contributed by atoms with Gasteiger partial charge in [-0.3, -0.25) is 28.2 Å². The molecule has 1 fully saturated rings. The number of aliphatic hydroxyl groups is 2. The highest BCUT2D eigenvalue weighted by molar-refractivity contribution is 7.47. The van der Waals surface area contributed by atoms with Crippen molar-refractivity contribution >= 4 is 31.5 Å². The minimum Gasteiger partial charge on any atom is -0.480 e. The number of aliphatic carboxylic acids is 1. The first-order valence-corrected chi connectivity index (χ1v) is 23.3. The topological polar surface area (TPSA) is 229 Å². The SMILES string of the molecule is CCCCC/C=C\C/C=C\CCCCCCCC(=O)O[C@H](COC(=O)CCC/C=C\C[C@H]1[C@@H](O)CC(=O)[C@@H]1/C=C/[C@@H](O)CCCCC)COP(=O)(O)OC[C@H](N)C(=O)O. The van der Waals surface area contributed by atoms with Crippen LogP contribution in [-0.2, 0) is 42.3 Å². The van der Waals surface area contributed by atoms with Crippen LogP contribution >= 0.6 is 7.82 Å². The van der Waals surface area contributed by atoms with Crippen LogP contribution in [0, 0.1) is 11.8 Å². The first-order valence-electron chi connectivity index (χ1n) is 21.8. The van der Waals surface area contributed by atoms with E-state index in [4.69, 9.17) is 24.8 Å². The maximum Gasteiger partial charge on any atom is 0.472 e. The summed E-state index contributed by atoms with van der Waals surface area (Å²) in [5, 5.41) is 29.6. The van der Waals surface area contributed by atoms with Crippen molar-refractivity contribution in [1.82, 2.24) is 0 Å². The number of allylic oxidation sites excluding steroid dienone is 7. The number of rotatable bonds is 36. The van der Waals surface area contributed by atoms with Gasteiger partial charge in [0.05, 0.1) is 25.4 Å². The number of phosphoric acid groups is 1. The Balaban J connectivity index is 2.53. The summed E-state index contributed by atoms with van der Waals surface area (Å²) in [5.41, 5.74) is 5.32. The summed E-state index contributed by atoms with van der Waals surface area (Å²) < 4.78 is 32.6. The van der Waals surface area contributed by atoms with Crippen LogP contribution < -0.4 is 5.73 Å². The average molecular weight is 856 g/mol. The van der Waals surface area contributed by atoms with E-state index in [1.165, 1.54) is 19.3 Å². The Kier molecular flexibility index (Phi) is 30.9. The van der Waals surface area contributed by atoms with Crippen molar-refractivity contribution in [3.63, 3.8) is 0 Å². The quantitative estimate of drug-likeness (QED) is 0.0174. The maximum atomic E-state index is 12.7. The maximum absolute atomic E-state index is 12.7. The molecular weight excluding hydrogens is 781 g/mol. The van der Waals surface area contributed by atoms with Crippen molar-refractivity contribution in [3.8, 4) is 0 Å². The van der Waals surface area contributed by atoms with E-state index in [-0.39, 0.29) is 31.0 Å². The van der Waals surface area contributed by atoms with Gasteiger partial charge >= 0.3 is 25.7 Å². The third-order valence-electron chi connectivity index (χ3n) is 9.93. The molecule has 7 atom stereocenters. The zero-order chi connectivity index (χ0) is 43.7. The summed E-state index contributed by atoms with van der Waals surface area (Å²) >= 11 is 0. The van der Waals surface area contributed by atoms with Gasteiger partial charge in [0.2, 0.25) is 0 Å². The van der Waals surface area contributed by atoms with Crippen LogP contribution in [0.4, 0.5) is 0 Å². The van der Waals surface area contributed by atoms with Gasteiger partial charge in [-0.2, -0.15) is 0 Å². The molecule has 0 amide bonds. The number of nitrogens with two attached hydrogens (primary N) is 1. The summed E-state index contributed by atoms with van der Waals surface area (Å²) in [6.45, 7) is 2.37. The van der Waals surface area contributed by atoms with Crippen LogP contribution in [0.2, 0.25) is 0 Å². The van der Waals surface area contributed by atoms with Crippen LogP contribution in [-0.4, -0.2) is 88.1 Å². The number of carbonyl (C=O) groups is 4. The van der Waals surface area contributed by atoms with Gasteiger partial charge in [-0.05, 0) is 64.2 Å². The second kappa shape index (κ2) is 33.7. The Hall–Kier alpha value is -2.97. The number of hydrogen-bond acceptors (Lipinski definition) is 12. The van der Waals surface area contributed by atoms with Crippen molar-refractivity contribution in [2.24, 2.45) is 17.6 Å². The smallest absolute Gasteiger partial charge is 0.472 e. The summed E-state index contributed by atoms with van der Waals surface area (Å²) in [6, 6.07) is -1.57. The molecule has 0 aromatic carbocycles. The number of aliphatic hydroxyl groups excluding tert-OH is 2. The molecule has 1 unspecified atom stereocenters. The predicted octanol–water partition coefficient (Wildman–Crippen LogP) is 7.98. The largest absolute Gasteiger partial charge is 0.480 e. The van der Waals surface area contributed by atoms with E-state index in [9.17, 15) is 38.8 Å². The molecular formula is C44H74NO13P. The Labute approximate surface area is 352 Å². The van der Waals surface area contributed by atoms with Crippen molar-refractivity contribution < 1.29 is 62.5 Å². The van der Waals surface area contributed by atoms with Gasteiger partial charge in [0.25, 0.3) is 0 Å². The number of phosphoric ester groups is 1. The Bertz CT molecular complexity index is 1350. The van der Waals surface area contributed by atoms with Gasteiger partial charge in [-0.25, -0.2) is 4.57 Å². The standard InChI is InChI=1S/C44H74NO13P/c1-3-5-7-8-9-10-11-12-13-14-15-16-17-18-24-28-43(50)58-36(33-56-59(53,54)57-34-39(45)44(51)52)32-55-42(49)27-23-20-19-22-26-37-38(41(48)31-40(37)47)30-29-35(46)25-21-6-4-2/h9-10,12-13,19,22,29-30,35-40,46-47H,3-8,11,14-18,20-21,23-28,31-34,45H2,1-2H3,(H,51,52)(H,53,54)/b10-9-,13-12-,22-19-,30-29+/t35-,36+,37+,38+,39-,40-/m0/s1. The molecule has 0 bridgehead atoms. The lowest BCUT2D eigenvalue weighted by Gasteiger charge is -2.20. The minimum absolute atomic E-state index is 0.0261. The van der Waals surface area contributed by atoms with Crippen LogP contribution in [0.3, 0.4) is 0 Å². The highest BCUT2D eigenvalue weighted by atomic mass is 31.2. The van der Waals surface area contributed by atoms with Crippen LogP contribution in [0.5, 0.6) is 0 Å². The van der Waals surface area contributed by atoms with E-state index >= 15 is 0 Å². The molecule has 1 saturated carbocycles. The summed E-state index contributed by atoms with van der Waals surface area (Å²) in [5.74, 6) is -3.45. The number of Topliss-reactive ketones (excluding diaryl/α,β-unsaturated/α-hetero) is 1. The summed E-state index contributed by atoms with van der Waals surface area (Å²) in [6.07, 6.45) is 29.7. The predicted molar refractivity (Wildman–Crippen MR) is 227 cm³/mol. The van der Waals surface area contributed by atoms with Gasteiger partial charge in [0, 0.05) is 31.1 Å². The van der Waals surface area contributed by atoms with E-state index in [1.807, 2.05) is 12.2 Å². The fourth-order valence-electron chi connectivity index (χ4n) is 6.37. The van der Waals surface area contributed by atoms with Gasteiger partial charge in [-0.1, -0.05) is 114 Å². The second-order valence-electron chi connectivity index (χ2n) is 15.3. The molecule has 1 rings (SSSR count). The van der Waals surface area contributed by atoms with Crippen molar-refractivity contribution in [1.29, 1.82) is 0 Å². The van der Waals surface area contributed by atoms with Crippen molar-refractivity contribution in [2.75, 3.05) is 19.8 Å². The number of hydrogen-bond donors (Lipinski definition) is 5. The second-order valence-corrected chi connectivity index (χ2v) is 16.7. The number of unbranched alkanes of at least 4 members (excludes halogenated alkanes) is 11. The molecule has 0 aliphatic heterocycles. The van der Waals surface area contributed by atoms with E-state index in [0.29, 0.717) is 32.1 Å². The van der Waals surface area contributed by atoms with Gasteiger partial charge in [0.1, 0.15) is 18.4 Å². The molecule has 0 radical (unpaired) electrons. The number of carboxylic acids is 1. The molecule has 0 heterocycles. The van der Waals surface area contributed by atoms with Crippen LogP contribution in [0.25, 0.3) is 0 Å². The van der Waals surface area contributed by atoms with Crippen molar-refractivity contribution in [2.45, 2.75) is 173 Å². The first kappa shape index (κ1) is 54.0. The Morgan fingerprint density at radius 2 is 1.39 bits per heavy atom. The molecule has 0 spiro atoms. The third kappa shape index (κ3) is 28.2. The normalized spacial score (nSPS) is 19.8. The molecule has 1 aliphatic rings. The average Bonchev–Trinajstić information content (AvgIpc) is 3.47. The van der Waals surface area contributed by atoms with Crippen molar-refractivity contribution in [3.05, 3.63) is 48.6 Å². The first-order chi connectivity index (χ1) is 28.3. The zero-order valence-electron chi connectivity index (χ0n) is 35.5. The minimum atomic E-state index is -4.79. The molecule has 0 aromatic rings. The lowest BCUT2D eigenvalue weighted by Crippen LogP contribution is -2.34. The van der Waals surface area contributed by atoms with Gasteiger partial charge < -0.3 is 35.4 Å². The Morgan fingerprint density at radius 1 is 0.797 bits per heavy atom. The highest BCUT2D eigenvalue weighted by Crippen LogP contribution is 2.43. The molecule has 14 nitrogen and oxygen atoms in total. The molecule has 338 valence electrons. The number of esters is 2. The fraction of sp³-hybridized carbons (Fsp3) is 0.727. The summed E-state index contributed by atoms with van der Waals surface area (Å²) in [4.78, 5) is 58.6. The van der Waals surface area contributed by atoms with Crippen LogP contribution in [0.1, 0.15) is 149 Å². The number of carbonyl (C=O) groups excluding carboxylic acids is 3. The number of carboxylic acid groups (broad SMARTS) is 1. The van der Waals surface area contributed by atoms with Gasteiger partial charge in [0.15, 0.2) is 6.10 Å². The highest BCUT2D eigenvalue weighted by Gasteiger charge is 2.39. The number of ketones is 1. The lowest BCUT2D eigenvalue weighted by atomic mass is 9.90. The molecule has 59 heavy (non-hydrogen) atoms. The monoisotopic (exact) mass is 855 g/mol. The molecule has 6 N–H and O–H groups in total. The molecule has 15 heteroatoms. The van der Waals surface area contributed by atoms with E-state index in [2.05, 4.69) is 42.7 Å². The van der Waals surface area contributed by atoms with Gasteiger partial charge in [-0.15, -0.1) is 0 Å². The summed E-state index contributed by atoms with van der Waals surface area (Å²) in [7, 11) is -4.79. The van der Waals surface area contributed by atoms with E-state index in [1.54, 1.807) is 12.2 Å². The number of ether oxygens (including phenoxy) is 2. The fourth-order valence-corrected chi connectivity index (χ4v) is 7.15. The molecule has 1 aliphatic carbocycles. The Morgan fingerprint density at radius 3 is 2.08 bits per heavy atom. The van der Waals surface area contributed by atoms with E-state index in [0.717, 1.165) is 64.2 Å². The molecule has 0 saturated heterocycles. The van der Waals surface area contributed by atoms with E-state index < -0.39 is 75.8 Å². The lowest BCUT2D eigenvalue weighted by molar-refractivity contribution is -0.161. The molecule has 0 aromatic heterocycles. The third-order valence-corrected chi connectivity index (χ3v) is 10.9.